The number of hydrogen-bond donors (Lipinski definition) is 8. The van der Waals surface area contributed by atoms with E-state index in [0.29, 0.717) is 33.5 Å². The zero-order valence-electron chi connectivity index (χ0n) is 47.8. The summed E-state index contributed by atoms with van der Waals surface area (Å²) in [6.07, 6.45) is 2.56. The van der Waals surface area contributed by atoms with Gasteiger partial charge in [-0.3, -0.25) is 19.2 Å². The van der Waals surface area contributed by atoms with Crippen molar-refractivity contribution in [3.8, 4) is 11.5 Å². The van der Waals surface area contributed by atoms with E-state index < -0.39 is 106 Å². The Morgan fingerprint density at radius 3 is 1.45 bits per heavy atom. The summed E-state index contributed by atoms with van der Waals surface area (Å²) >= 11 is 1.83. The molecule has 0 spiro atoms. The minimum Gasteiger partial charge on any atom is -0.489 e. The van der Waals surface area contributed by atoms with Gasteiger partial charge in [0.05, 0.1) is 35.9 Å². The molecule has 6 atom stereocenters. The molecule has 0 bridgehead atoms. The number of carbonyl (C=O) groups is 6. The van der Waals surface area contributed by atoms with Crippen LogP contribution in [0.1, 0.15) is 51.9 Å². The van der Waals surface area contributed by atoms with E-state index in [1.54, 1.807) is 24.3 Å². The van der Waals surface area contributed by atoms with Crippen LogP contribution in [0, 0.1) is 11.8 Å². The van der Waals surface area contributed by atoms with Crippen LogP contribution in [0.15, 0.2) is 69.9 Å². The molecular weight excluding hydrogens is 1200 g/mol. The molecule has 8 heterocycles. The van der Waals surface area contributed by atoms with Gasteiger partial charge in [-0.05, 0) is 90.0 Å². The van der Waals surface area contributed by atoms with Gasteiger partial charge < -0.3 is 62.1 Å². The van der Waals surface area contributed by atoms with Crippen LogP contribution in [0.4, 0.5) is 10.3 Å². The second-order valence-corrected chi connectivity index (χ2v) is 25.1. The molecule has 87 heavy (non-hydrogen) atoms. The highest BCUT2D eigenvalue weighted by Crippen LogP contribution is 2.37. The van der Waals surface area contributed by atoms with Gasteiger partial charge in [0.1, 0.15) is 59.2 Å². The normalized spacial score (nSPS) is 20.9. The lowest BCUT2D eigenvalue weighted by Crippen LogP contribution is -2.78. The Morgan fingerprint density at radius 1 is 0.713 bits per heavy atom. The number of carbonyl (C=O) groups excluding carboxylic acids is 4. The molecule has 464 valence electrons. The minimum absolute atomic E-state index is 0.000214. The molecule has 0 radical (unpaired) electrons. The fourth-order valence-electron chi connectivity index (χ4n) is 10.4. The van der Waals surface area contributed by atoms with Crippen LogP contribution in [-0.4, -0.2) is 170 Å². The second kappa shape index (κ2) is 24.6. The summed E-state index contributed by atoms with van der Waals surface area (Å²) in [4.78, 5) is 98.7. The molecule has 4 aliphatic rings. The number of hydrogen-bond acceptors (Lipinski definition) is 24. The van der Waals surface area contributed by atoms with Crippen LogP contribution in [0.5, 0.6) is 11.5 Å². The number of nitrogens with zero attached hydrogens (tertiary/aromatic N) is 10. The quantitative estimate of drug-likeness (QED) is 0.0141. The summed E-state index contributed by atoms with van der Waals surface area (Å²) < 4.78 is 56.9. The number of nitrogens with one attached hydrogen (secondary N) is 4. The number of aliphatic carboxylic acids is 2. The van der Waals surface area contributed by atoms with E-state index in [1.807, 2.05) is 48.0 Å². The van der Waals surface area contributed by atoms with E-state index >= 15 is 0 Å². The Labute approximate surface area is 503 Å². The number of amides is 4. The number of carboxylic acid groups (broad SMARTS) is 2. The van der Waals surface area contributed by atoms with Gasteiger partial charge in [0.15, 0.2) is 34.8 Å². The maximum atomic E-state index is 13.9. The van der Waals surface area contributed by atoms with Gasteiger partial charge in [-0.1, -0.05) is 10.3 Å². The Morgan fingerprint density at radius 2 is 1.11 bits per heavy atom. The number of rotatable bonds is 26. The SMILES string of the molecule is Cn1c2ccc(OC[C@H](O/N=C(\C(=O)N[C@@H]3C(=O)N(OS(=O)(=O)ON4C(=O)[C@@H](NC(=O)/C(=N\O[C@@H](COc5ccc6c(c5)c[n+](C[C@@H]5CCNC5)n6C)C(=O)O)c5csc(N)n5)C4(C)C)C3(C)C)c3csc(N)n3)C(=O)O)cc2c[n+]1C[C@@H]1CCNC1. The summed E-state index contributed by atoms with van der Waals surface area (Å²) in [5.74, 6) is -5.82. The van der Waals surface area contributed by atoms with E-state index in [0.717, 1.165) is 96.6 Å². The van der Waals surface area contributed by atoms with Gasteiger partial charge >= 0.3 is 22.3 Å². The number of nitrogen functional groups attached to an aromatic ring is 2. The molecule has 4 amide bonds. The van der Waals surface area contributed by atoms with Crippen molar-refractivity contribution in [3.63, 3.8) is 0 Å². The van der Waals surface area contributed by atoms with E-state index in [1.165, 1.54) is 38.5 Å². The Hall–Kier alpha value is -8.61. The number of aromatic nitrogens is 6. The monoisotopic (exact) mass is 1260 g/mol. The first-order chi connectivity index (χ1) is 41.3. The molecule has 6 aromatic rings. The largest absolute Gasteiger partial charge is 0.489 e. The number of hydroxylamine groups is 4. The van der Waals surface area contributed by atoms with Gasteiger partial charge in [-0.2, -0.15) is 27.9 Å². The molecule has 10 rings (SSSR count). The molecular formula is C52H64N16O16S3+2. The molecule has 4 saturated heterocycles. The lowest BCUT2D eigenvalue weighted by molar-refractivity contribution is -0.775. The number of oxime groups is 2. The number of carboxylic acids is 2. The topological polar surface area (TPSA) is 407 Å². The standard InChI is InChI=1S/C52H62N16O16S3/c1-51(2)41(59-43(69)39(33-25-85-49(53)57-33)61-81-37(47(73)74)23-79-31-7-9-35-29(15-31)21-65(63(35)5)19-27-11-13-55-17-27)45(71)67(51)83-87(77,78)84-68-46(72)42(52(68,3)4)60-44(70)40(34-26-86-50(54)58-34)62-82-38(48(75)76)24-80-32-8-10-36-30(16-32)22-66(64(36)6)20-28-12-14-56-18-28/h7-10,15-16,21-22,25-28,37-38,41-42,55-56H,11-14,17-20,23-24H2,1-6H3,(H6-2,53,54,57,58,59,60,69,70,73,74,75,76)/p+2/b61-39-,62-40-/t27-,28-,37+,38+,41-,42-/m1/s1. The third kappa shape index (κ3) is 13.1. The van der Waals surface area contributed by atoms with Crippen molar-refractivity contribution in [2.75, 3.05) is 50.9 Å². The van der Waals surface area contributed by atoms with Crippen LogP contribution in [-0.2, 0) is 84.6 Å². The third-order valence-electron chi connectivity index (χ3n) is 15.3. The molecule has 4 aromatic heterocycles. The third-order valence-corrected chi connectivity index (χ3v) is 17.4. The maximum Gasteiger partial charge on any atom is 0.442 e. The van der Waals surface area contributed by atoms with Crippen molar-refractivity contribution in [1.82, 2.24) is 50.7 Å². The summed E-state index contributed by atoms with van der Waals surface area (Å²) in [6.45, 7) is 9.57. The predicted octanol–water partition coefficient (Wildman–Crippen LogP) is -0.933. The molecule has 4 fully saturated rings. The average Bonchev–Trinajstić information content (AvgIpc) is 1.50. The number of fused-ring (bicyclic) bond motifs is 2. The number of aryl methyl sites for hydroxylation is 2. The number of ether oxygens (including phenoxy) is 2. The van der Waals surface area contributed by atoms with Crippen LogP contribution < -0.4 is 51.6 Å². The summed E-state index contributed by atoms with van der Waals surface area (Å²) in [7, 11) is -1.46. The van der Waals surface area contributed by atoms with Gasteiger partial charge in [-0.25, -0.2) is 19.6 Å². The first kappa shape index (κ1) is 61.5. The summed E-state index contributed by atoms with van der Waals surface area (Å²) in [5, 5.41) is 44.5. The number of thiazole rings is 2. The second-order valence-electron chi connectivity index (χ2n) is 22.2. The van der Waals surface area contributed by atoms with Crippen molar-refractivity contribution in [2.24, 2.45) is 36.2 Å². The van der Waals surface area contributed by atoms with Crippen molar-refractivity contribution >= 4 is 112 Å². The Balaban J connectivity index is 0.744. The van der Waals surface area contributed by atoms with Crippen molar-refractivity contribution in [2.45, 2.75) is 89.0 Å². The van der Waals surface area contributed by atoms with Gasteiger partial charge in [-0.15, -0.1) is 40.6 Å². The smallest absolute Gasteiger partial charge is 0.442 e. The molecule has 35 heteroatoms. The van der Waals surface area contributed by atoms with Crippen LogP contribution in [0.25, 0.3) is 21.8 Å². The van der Waals surface area contributed by atoms with Gasteiger partial charge in [0.2, 0.25) is 12.4 Å². The van der Waals surface area contributed by atoms with E-state index in [-0.39, 0.29) is 21.7 Å². The van der Waals surface area contributed by atoms with Gasteiger partial charge in [0.25, 0.3) is 35.8 Å². The lowest BCUT2D eigenvalue weighted by atomic mass is 9.84. The maximum absolute atomic E-state index is 13.9. The molecule has 4 aliphatic heterocycles. The summed E-state index contributed by atoms with van der Waals surface area (Å²) in [5.41, 5.74) is 8.71. The van der Waals surface area contributed by atoms with E-state index in [2.05, 4.69) is 50.9 Å². The average molecular weight is 1270 g/mol. The molecule has 0 saturated carbocycles. The van der Waals surface area contributed by atoms with Crippen LogP contribution in [0.3, 0.4) is 0 Å². The highest BCUT2D eigenvalue weighted by Gasteiger charge is 2.61. The number of benzene rings is 2. The Bertz CT molecular complexity index is 3610. The first-order valence-electron chi connectivity index (χ1n) is 27.2. The number of nitrogens with two attached hydrogens (primary N) is 2. The van der Waals surface area contributed by atoms with Crippen LogP contribution in [0.2, 0.25) is 0 Å². The molecule has 0 unspecified atom stereocenters. The number of anilines is 2. The zero-order valence-corrected chi connectivity index (χ0v) is 50.2. The van der Waals surface area contributed by atoms with Crippen molar-refractivity contribution in [3.05, 3.63) is 70.9 Å². The predicted molar refractivity (Wildman–Crippen MR) is 307 cm³/mol. The Kier molecular flexibility index (Phi) is 17.4. The summed E-state index contributed by atoms with van der Waals surface area (Å²) in [6, 6.07) is 7.51. The first-order valence-corrected chi connectivity index (χ1v) is 30.3. The highest BCUT2D eigenvalue weighted by molar-refractivity contribution is 7.81. The number of β-lactam (4-membered cyclic amide) rings is 2. The van der Waals surface area contributed by atoms with Crippen LogP contribution >= 0.6 is 22.7 Å². The molecule has 10 N–H and O–H groups in total. The zero-order chi connectivity index (χ0) is 62.3. The fraction of sp³-hybridized carbons (Fsp3) is 0.462. The fourth-order valence-corrected chi connectivity index (χ4v) is 12.4. The van der Waals surface area contributed by atoms with Crippen molar-refractivity contribution < 1.29 is 84.5 Å². The minimum atomic E-state index is -5.35. The van der Waals surface area contributed by atoms with Gasteiger partial charge in [0, 0.05) is 35.7 Å². The molecule has 2 aromatic carbocycles. The molecule has 32 nitrogen and oxygen atoms in total. The van der Waals surface area contributed by atoms with E-state index in [9.17, 15) is 47.4 Å². The lowest BCUT2D eigenvalue weighted by Gasteiger charge is -2.52. The highest BCUT2D eigenvalue weighted by atomic mass is 32.3. The van der Waals surface area contributed by atoms with E-state index in [4.69, 9.17) is 39.2 Å². The molecule has 0 aliphatic carbocycles. The van der Waals surface area contributed by atoms with Crippen molar-refractivity contribution in [1.29, 1.82) is 0 Å².